The highest BCUT2D eigenvalue weighted by atomic mass is 19.1. The van der Waals surface area contributed by atoms with Crippen LogP contribution in [-0.2, 0) is 0 Å². The summed E-state index contributed by atoms with van der Waals surface area (Å²) < 4.78 is 13.2. The number of hydrogen-bond donors (Lipinski definition) is 1. The number of carbonyl (C=O) groups is 1. The van der Waals surface area contributed by atoms with Crippen LogP contribution < -0.4 is 0 Å². The van der Waals surface area contributed by atoms with Crippen molar-refractivity contribution in [3.05, 3.63) is 72.1 Å². The Bertz CT molecular complexity index is 876. The Labute approximate surface area is 144 Å². The van der Waals surface area contributed by atoms with Crippen LogP contribution in [0.25, 0.3) is 11.1 Å². The number of aromatic amines is 1. The van der Waals surface area contributed by atoms with Crippen LogP contribution in [0.5, 0.6) is 0 Å². The largest absolute Gasteiger partial charge is 0.329 e. The molecule has 25 heavy (non-hydrogen) atoms. The minimum atomic E-state index is -0.276. The maximum absolute atomic E-state index is 13.2. The first-order valence-corrected chi connectivity index (χ1v) is 8.25. The Morgan fingerprint density at radius 2 is 2.04 bits per heavy atom. The lowest BCUT2D eigenvalue weighted by Crippen LogP contribution is -2.31. The molecule has 1 fully saturated rings. The van der Waals surface area contributed by atoms with Crippen molar-refractivity contribution in [2.45, 2.75) is 18.9 Å². The van der Waals surface area contributed by atoms with E-state index in [-0.39, 0.29) is 17.8 Å². The van der Waals surface area contributed by atoms with E-state index in [0.717, 1.165) is 29.7 Å². The highest BCUT2D eigenvalue weighted by Crippen LogP contribution is 2.37. The number of likely N-dealkylation sites (tertiary alicyclic amines) is 1. The molecular formula is C19H17FN4O. The predicted octanol–water partition coefficient (Wildman–Crippen LogP) is 3.59. The molecule has 1 aliphatic heterocycles. The molecular weight excluding hydrogens is 319 g/mol. The fraction of sp³-hybridized carbons (Fsp3) is 0.211. The molecule has 1 N–H and O–H groups in total. The Morgan fingerprint density at radius 3 is 2.80 bits per heavy atom. The van der Waals surface area contributed by atoms with Gasteiger partial charge in [-0.2, -0.15) is 5.10 Å². The molecule has 3 aromatic rings. The summed E-state index contributed by atoms with van der Waals surface area (Å²) >= 11 is 0. The van der Waals surface area contributed by atoms with Crippen LogP contribution in [-0.4, -0.2) is 32.5 Å². The van der Waals surface area contributed by atoms with Crippen LogP contribution >= 0.6 is 0 Å². The van der Waals surface area contributed by atoms with E-state index < -0.39 is 0 Å². The molecule has 2 aromatic heterocycles. The third kappa shape index (κ3) is 2.91. The standard InChI is InChI=1S/C19H17FN4O/c20-14-8-6-13(7-9-14)15-12-22-23-18(15)17-5-3-11-24(17)19(25)16-4-1-2-10-21-16/h1-2,4,6-10,12,17H,3,5,11H2,(H,22,23)/t17-/m0/s1. The van der Waals surface area contributed by atoms with Crippen molar-refractivity contribution in [1.29, 1.82) is 0 Å². The number of nitrogens with one attached hydrogen (secondary N) is 1. The minimum Gasteiger partial charge on any atom is -0.329 e. The SMILES string of the molecule is O=C(c1ccccn1)N1CCC[C@H]1c1[nH]ncc1-c1ccc(F)cc1. The second kappa shape index (κ2) is 6.47. The van der Waals surface area contributed by atoms with Crippen molar-refractivity contribution in [1.82, 2.24) is 20.1 Å². The van der Waals surface area contributed by atoms with Gasteiger partial charge in [0.15, 0.2) is 0 Å². The summed E-state index contributed by atoms with van der Waals surface area (Å²) in [6.07, 6.45) is 5.13. The zero-order valence-electron chi connectivity index (χ0n) is 13.5. The molecule has 3 heterocycles. The van der Waals surface area contributed by atoms with Crippen LogP contribution in [0.1, 0.15) is 35.1 Å². The van der Waals surface area contributed by atoms with Gasteiger partial charge in [0.2, 0.25) is 0 Å². The van der Waals surface area contributed by atoms with Gasteiger partial charge in [-0.3, -0.25) is 14.9 Å². The van der Waals surface area contributed by atoms with Crippen LogP contribution in [0.3, 0.4) is 0 Å². The summed E-state index contributed by atoms with van der Waals surface area (Å²) in [6.45, 7) is 0.682. The third-order valence-corrected chi connectivity index (χ3v) is 4.55. The van der Waals surface area contributed by atoms with E-state index in [2.05, 4.69) is 15.2 Å². The first-order valence-electron chi connectivity index (χ1n) is 8.25. The molecule has 0 unspecified atom stereocenters. The highest BCUT2D eigenvalue weighted by Gasteiger charge is 2.33. The van der Waals surface area contributed by atoms with Crippen LogP contribution in [0.4, 0.5) is 4.39 Å². The lowest BCUT2D eigenvalue weighted by atomic mass is 10.0. The average molecular weight is 336 g/mol. The molecule has 0 bridgehead atoms. The Hall–Kier alpha value is -3.02. The summed E-state index contributed by atoms with van der Waals surface area (Å²) in [5.41, 5.74) is 3.10. The van der Waals surface area contributed by atoms with E-state index >= 15 is 0 Å². The predicted molar refractivity (Wildman–Crippen MR) is 91.2 cm³/mol. The molecule has 6 heteroatoms. The molecule has 0 saturated carbocycles. The quantitative estimate of drug-likeness (QED) is 0.795. The van der Waals surface area contributed by atoms with Gasteiger partial charge in [0.25, 0.3) is 5.91 Å². The number of aromatic nitrogens is 3. The van der Waals surface area contributed by atoms with Crippen molar-refractivity contribution in [3.8, 4) is 11.1 Å². The van der Waals surface area contributed by atoms with Crippen LogP contribution in [0.2, 0.25) is 0 Å². The molecule has 1 atom stereocenters. The number of halogens is 1. The van der Waals surface area contributed by atoms with Gasteiger partial charge in [0.1, 0.15) is 11.5 Å². The number of nitrogens with zero attached hydrogens (tertiary/aromatic N) is 3. The number of benzene rings is 1. The second-order valence-electron chi connectivity index (χ2n) is 6.08. The normalized spacial score (nSPS) is 17.0. The van der Waals surface area contributed by atoms with Gasteiger partial charge < -0.3 is 4.90 Å². The number of amides is 1. The average Bonchev–Trinajstić information content (AvgIpc) is 3.31. The van der Waals surface area contributed by atoms with Gasteiger partial charge in [-0.05, 0) is 42.7 Å². The first-order chi connectivity index (χ1) is 12.2. The summed E-state index contributed by atoms with van der Waals surface area (Å²) in [5.74, 6) is -0.357. The monoisotopic (exact) mass is 336 g/mol. The van der Waals surface area contributed by atoms with Gasteiger partial charge in [-0.1, -0.05) is 18.2 Å². The Balaban J connectivity index is 1.67. The highest BCUT2D eigenvalue weighted by molar-refractivity contribution is 5.92. The van der Waals surface area contributed by atoms with E-state index in [1.54, 1.807) is 36.7 Å². The summed E-state index contributed by atoms with van der Waals surface area (Å²) in [5, 5.41) is 7.20. The smallest absolute Gasteiger partial charge is 0.273 e. The van der Waals surface area contributed by atoms with Crippen molar-refractivity contribution in [2.24, 2.45) is 0 Å². The van der Waals surface area contributed by atoms with E-state index in [1.165, 1.54) is 12.1 Å². The number of H-pyrrole nitrogens is 1. The molecule has 1 aliphatic rings. The molecule has 0 spiro atoms. The maximum atomic E-state index is 13.2. The molecule has 0 aliphatic carbocycles. The molecule has 1 aromatic carbocycles. The molecule has 1 saturated heterocycles. The van der Waals surface area contributed by atoms with Crippen molar-refractivity contribution < 1.29 is 9.18 Å². The fourth-order valence-corrected chi connectivity index (χ4v) is 3.36. The van der Waals surface area contributed by atoms with Gasteiger partial charge in [-0.25, -0.2) is 4.39 Å². The number of pyridine rings is 1. The van der Waals surface area contributed by atoms with E-state index in [9.17, 15) is 9.18 Å². The zero-order valence-corrected chi connectivity index (χ0v) is 13.5. The van der Waals surface area contributed by atoms with Crippen molar-refractivity contribution in [2.75, 3.05) is 6.54 Å². The summed E-state index contributed by atoms with van der Waals surface area (Å²) in [4.78, 5) is 18.8. The number of hydrogen-bond acceptors (Lipinski definition) is 3. The van der Waals surface area contributed by atoms with Crippen molar-refractivity contribution in [3.63, 3.8) is 0 Å². The zero-order chi connectivity index (χ0) is 17.2. The van der Waals surface area contributed by atoms with E-state index in [1.807, 2.05) is 11.0 Å². The minimum absolute atomic E-state index is 0.0808. The fourth-order valence-electron chi connectivity index (χ4n) is 3.36. The lowest BCUT2D eigenvalue weighted by molar-refractivity contribution is 0.0727. The van der Waals surface area contributed by atoms with Gasteiger partial charge in [0, 0.05) is 18.3 Å². The third-order valence-electron chi connectivity index (χ3n) is 4.55. The topological polar surface area (TPSA) is 61.9 Å². The first kappa shape index (κ1) is 15.5. The van der Waals surface area contributed by atoms with E-state index in [4.69, 9.17) is 0 Å². The van der Waals surface area contributed by atoms with Gasteiger partial charge >= 0.3 is 0 Å². The van der Waals surface area contributed by atoms with E-state index in [0.29, 0.717) is 12.2 Å². The van der Waals surface area contributed by atoms with Gasteiger partial charge in [-0.15, -0.1) is 0 Å². The summed E-state index contributed by atoms with van der Waals surface area (Å²) in [6, 6.07) is 11.6. The second-order valence-corrected chi connectivity index (χ2v) is 6.08. The molecule has 1 amide bonds. The summed E-state index contributed by atoms with van der Waals surface area (Å²) in [7, 11) is 0. The Kier molecular flexibility index (Phi) is 4.01. The van der Waals surface area contributed by atoms with Gasteiger partial charge in [0.05, 0.1) is 17.9 Å². The molecule has 0 radical (unpaired) electrons. The lowest BCUT2D eigenvalue weighted by Gasteiger charge is -2.24. The van der Waals surface area contributed by atoms with Crippen LogP contribution in [0, 0.1) is 5.82 Å². The molecule has 5 nitrogen and oxygen atoms in total. The molecule has 4 rings (SSSR count). The maximum Gasteiger partial charge on any atom is 0.273 e. The Morgan fingerprint density at radius 1 is 1.20 bits per heavy atom. The van der Waals surface area contributed by atoms with Crippen LogP contribution in [0.15, 0.2) is 54.9 Å². The van der Waals surface area contributed by atoms with Crippen molar-refractivity contribution >= 4 is 5.91 Å². The number of carbonyl (C=O) groups excluding carboxylic acids is 1. The molecule has 126 valence electrons. The number of rotatable bonds is 3.